The lowest BCUT2D eigenvalue weighted by Gasteiger charge is -2.33. The summed E-state index contributed by atoms with van der Waals surface area (Å²) in [4.78, 5) is 29.1. The minimum atomic E-state index is -4.23. The van der Waals surface area contributed by atoms with Crippen molar-refractivity contribution < 1.29 is 27.5 Å². The van der Waals surface area contributed by atoms with Gasteiger partial charge in [0.25, 0.3) is 10.0 Å². The molecule has 0 radical (unpaired) electrons. The molecule has 1 aliphatic carbocycles. The van der Waals surface area contributed by atoms with Gasteiger partial charge in [0.15, 0.2) is 11.5 Å². The van der Waals surface area contributed by atoms with Crippen LogP contribution in [0.1, 0.15) is 44.6 Å². The molecule has 1 fully saturated rings. The number of anilines is 1. The Bertz CT molecular complexity index is 1570. The Morgan fingerprint density at radius 1 is 0.909 bits per heavy atom. The number of rotatable bonds is 12. The number of ether oxygens (including phenoxy) is 2. The predicted octanol–water partition coefficient (Wildman–Crippen LogP) is 6.07. The lowest BCUT2D eigenvalue weighted by Crippen LogP contribution is -2.53. The van der Waals surface area contributed by atoms with Crippen LogP contribution >= 0.6 is 23.2 Å². The molecule has 1 aliphatic rings. The fraction of sp³-hybridized carbons (Fsp3) is 0.375. The SMILES string of the molecule is COc1ccc(N(CC(=O)N(Cc2ccc(Cl)c(Cl)c2)[C@@H](C)C(=O)NC2CCCCC2)S(=O)(=O)c2ccccc2)cc1OC. The van der Waals surface area contributed by atoms with Gasteiger partial charge in [-0.05, 0) is 61.7 Å². The normalized spacial score (nSPS) is 14.4. The number of sulfonamides is 1. The molecule has 2 amide bonds. The molecule has 1 saturated carbocycles. The molecule has 236 valence electrons. The first-order valence-electron chi connectivity index (χ1n) is 14.4. The van der Waals surface area contributed by atoms with Crippen LogP contribution in [0.15, 0.2) is 71.6 Å². The molecule has 9 nitrogen and oxygen atoms in total. The summed E-state index contributed by atoms with van der Waals surface area (Å²) in [7, 11) is -1.32. The van der Waals surface area contributed by atoms with Crippen LogP contribution in [0.3, 0.4) is 0 Å². The van der Waals surface area contributed by atoms with Crippen LogP contribution in [0.25, 0.3) is 0 Å². The predicted molar refractivity (Wildman–Crippen MR) is 172 cm³/mol. The van der Waals surface area contributed by atoms with Crippen LogP contribution in [0.5, 0.6) is 11.5 Å². The van der Waals surface area contributed by atoms with E-state index in [4.69, 9.17) is 32.7 Å². The highest BCUT2D eigenvalue weighted by Crippen LogP contribution is 2.34. The van der Waals surface area contributed by atoms with Gasteiger partial charge in [-0.1, -0.05) is 66.7 Å². The van der Waals surface area contributed by atoms with Crippen molar-refractivity contribution in [1.82, 2.24) is 10.2 Å². The standard InChI is InChI=1S/C32H37Cl2N3O6S/c1-22(32(39)35-24-10-6-4-7-11-24)36(20-23-14-16-27(33)28(34)18-23)31(38)21-37(44(40,41)26-12-8-5-9-13-26)25-15-17-29(42-2)30(19-25)43-3/h5,8-9,12-19,22,24H,4,6-7,10-11,20-21H2,1-3H3,(H,35,39)/t22-/m0/s1. The van der Waals surface area contributed by atoms with Gasteiger partial charge in [-0.2, -0.15) is 0 Å². The third kappa shape index (κ3) is 7.97. The Labute approximate surface area is 269 Å². The maximum atomic E-state index is 14.2. The Hall–Kier alpha value is -3.47. The number of hydrogen-bond donors (Lipinski definition) is 1. The maximum Gasteiger partial charge on any atom is 0.264 e. The molecule has 0 aliphatic heterocycles. The summed E-state index contributed by atoms with van der Waals surface area (Å²) in [6.45, 7) is 1.05. The number of methoxy groups -OCH3 is 2. The fourth-order valence-corrected chi connectivity index (χ4v) is 6.96. The van der Waals surface area contributed by atoms with E-state index in [1.54, 1.807) is 49.4 Å². The first kappa shape index (κ1) is 33.4. The van der Waals surface area contributed by atoms with Crippen molar-refractivity contribution >= 4 is 50.7 Å². The molecule has 1 atom stereocenters. The van der Waals surface area contributed by atoms with Gasteiger partial charge in [0.1, 0.15) is 12.6 Å². The van der Waals surface area contributed by atoms with Gasteiger partial charge in [-0.15, -0.1) is 0 Å². The summed E-state index contributed by atoms with van der Waals surface area (Å²) in [6.07, 6.45) is 4.95. The van der Waals surface area contributed by atoms with Crippen molar-refractivity contribution in [2.45, 2.75) is 62.6 Å². The van der Waals surface area contributed by atoms with Crippen LogP contribution < -0.4 is 19.1 Å². The summed E-state index contributed by atoms with van der Waals surface area (Å²) in [5.41, 5.74) is 0.822. The number of nitrogens with zero attached hydrogens (tertiary/aromatic N) is 2. The quantitative estimate of drug-likeness (QED) is 0.253. The third-order valence-electron chi connectivity index (χ3n) is 7.72. The fourth-order valence-electron chi connectivity index (χ4n) is 5.21. The lowest BCUT2D eigenvalue weighted by atomic mass is 9.95. The van der Waals surface area contributed by atoms with Crippen molar-refractivity contribution in [2.75, 3.05) is 25.1 Å². The van der Waals surface area contributed by atoms with Crippen molar-refractivity contribution in [3.63, 3.8) is 0 Å². The van der Waals surface area contributed by atoms with Crippen LogP contribution in [0.2, 0.25) is 10.0 Å². The summed E-state index contributed by atoms with van der Waals surface area (Å²) < 4.78 is 39.8. The number of benzene rings is 3. The molecule has 0 aromatic heterocycles. The maximum absolute atomic E-state index is 14.2. The molecule has 1 N–H and O–H groups in total. The Kier molecular flexibility index (Phi) is 11.4. The molecule has 4 rings (SSSR count). The Morgan fingerprint density at radius 2 is 1.59 bits per heavy atom. The van der Waals surface area contributed by atoms with Crippen LogP contribution in [-0.4, -0.2) is 58.0 Å². The topological polar surface area (TPSA) is 105 Å². The average molecular weight is 663 g/mol. The van der Waals surface area contributed by atoms with E-state index in [1.807, 2.05) is 0 Å². The Morgan fingerprint density at radius 3 is 2.23 bits per heavy atom. The lowest BCUT2D eigenvalue weighted by molar-refractivity contribution is -0.139. The smallest absolute Gasteiger partial charge is 0.264 e. The van der Waals surface area contributed by atoms with Gasteiger partial charge in [0.05, 0.1) is 34.8 Å². The highest BCUT2D eigenvalue weighted by Gasteiger charge is 2.33. The van der Waals surface area contributed by atoms with Crippen molar-refractivity contribution in [3.05, 3.63) is 82.3 Å². The van der Waals surface area contributed by atoms with Gasteiger partial charge in [0, 0.05) is 18.7 Å². The molecule has 3 aromatic rings. The van der Waals surface area contributed by atoms with Gasteiger partial charge in [-0.25, -0.2) is 8.42 Å². The molecule has 3 aromatic carbocycles. The van der Waals surface area contributed by atoms with Crippen molar-refractivity contribution in [1.29, 1.82) is 0 Å². The summed E-state index contributed by atoms with van der Waals surface area (Å²) in [6, 6.07) is 16.5. The largest absolute Gasteiger partial charge is 0.493 e. The molecule has 44 heavy (non-hydrogen) atoms. The zero-order valence-corrected chi connectivity index (χ0v) is 27.3. The van der Waals surface area contributed by atoms with E-state index >= 15 is 0 Å². The van der Waals surface area contributed by atoms with E-state index in [-0.39, 0.29) is 29.1 Å². The molecular formula is C32H37Cl2N3O6S. The van der Waals surface area contributed by atoms with E-state index in [0.717, 1.165) is 36.4 Å². The number of amides is 2. The highest BCUT2D eigenvalue weighted by atomic mass is 35.5. The number of carbonyl (C=O) groups excluding carboxylic acids is 2. The number of hydrogen-bond acceptors (Lipinski definition) is 6. The zero-order chi connectivity index (χ0) is 31.9. The molecule has 0 heterocycles. The van der Waals surface area contributed by atoms with Gasteiger partial charge >= 0.3 is 0 Å². The van der Waals surface area contributed by atoms with Crippen molar-refractivity contribution in [2.24, 2.45) is 0 Å². The second-order valence-corrected chi connectivity index (χ2v) is 13.3. The molecule has 0 spiro atoms. The van der Waals surface area contributed by atoms with E-state index in [0.29, 0.717) is 27.1 Å². The Balaban J connectivity index is 1.72. The summed E-state index contributed by atoms with van der Waals surface area (Å²) in [5.74, 6) is -0.210. The highest BCUT2D eigenvalue weighted by molar-refractivity contribution is 7.92. The first-order valence-corrected chi connectivity index (χ1v) is 16.6. The molecule has 12 heteroatoms. The van der Waals surface area contributed by atoms with Gasteiger partial charge < -0.3 is 19.7 Å². The zero-order valence-electron chi connectivity index (χ0n) is 25.0. The van der Waals surface area contributed by atoms with Crippen LogP contribution in [0.4, 0.5) is 5.69 Å². The minimum absolute atomic E-state index is 0.000133. The van der Waals surface area contributed by atoms with Crippen LogP contribution in [-0.2, 0) is 26.2 Å². The van der Waals surface area contributed by atoms with Gasteiger partial charge in [0.2, 0.25) is 11.8 Å². The minimum Gasteiger partial charge on any atom is -0.493 e. The van der Waals surface area contributed by atoms with Crippen LogP contribution in [0, 0.1) is 0 Å². The third-order valence-corrected chi connectivity index (χ3v) is 10.2. The molecular weight excluding hydrogens is 625 g/mol. The molecule has 0 bridgehead atoms. The van der Waals surface area contributed by atoms with E-state index in [9.17, 15) is 18.0 Å². The first-order chi connectivity index (χ1) is 21.0. The monoisotopic (exact) mass is 661 g/mol. The average Bonchev–Trinajstić information content (AvgIpc) is 3.04. The van der Waals surface area contributed by atoms with Gasteiger partial charge in [-0.3, -0.25) is 13.9 Å². The second-order valence-electron chi connectivity index (χ2n) is 10.7. The number of carbonyl (C=O) groups is 2. The molecule has 0 unspecified atom stereocenters. The van der Waals surface area contributed by atoms with E-state index in [2.05, 4.69) is 5.32 Å². The van der Waals surface area contributed by atoms with E-state index < -0.39 is 28.5 Å². The number of halogens is 2. The molecule has 0 saturated heterocycles. The van der Waals surface area contributed by atoms with E-state index in [1.165, 1.54) is 43.4 Å². The number of nitrogens with one attached hydrogen (secondary N) is 1. The second kappa shape index (κ2) is 15.0. The van der Waals surface area contributed by atoms with Crippen molar-refractivity contribution in [3.8, 4) is 11.5 Å². The summed E-state index contributed by atoms with van der Waals surface area (Å²) in [5, 5.41) is 3.74. The summed E-state index contributed by atoms with van der Waals surface area (Å²) >= 11 is 12.4.